The Morgan fingerprint density at radius 3 is 2.50 bits per heavy atom. The zero-order valence-electron chi connectivity index (χ0n) is 16.1. The van der Waals surface area contributed by atoms with E-state index in [0.717, 1.165) is 4.31 Å². The molecule has 3 aromatic carbocycles. The Morgan fingerprint density at radius 1 is 1.00 bits per heavy atom. The topological polar surface area (TPSA) is 89.7 Å². The number of aromatic nitrogens is 1. The number of hydrogen-bond donors (Lipinski definition) is 0. The summed E-state index contributed by atoms with van der Waals surface area (Å²) in [5.41, 5.74) is 1.90. The Balaban J connectivity index is 1.51. The van der Waals surface area contributed by atoms with Gasteiger partial charge in [0.15, 0.2) is 12.2 Å². The smallest absolute Gasteiger partial charge is 0.338 e. The van der Waals surface area contributed by atoms with E-state index in [1.807, 2.05) is 12.1 Å². The molecule has 0 saturated carbocycles. The van der Waals surface area contributed by atoms with Crippen molar-refractivity contribution < 1.29 is 22.4 Å². The molecule has 4 rings (SSSR count). The van der Waals surface area contributed by atoms with Crippen molar-refractivity contribution in [2.75, 3.05) is 11.4 Å². The largest absolute Gasteiger partial charge is 0.452 e. The van der Waals surface area contributed by atoms with Crippen LogP contribution in [-0.2, 0) is 21.4 Å². The highest BCUT2D eigenvalue weighted by molar-refractivity contribution is 7.92. The van der Waals surface area contributed by atoms with Crippen molar-refractivity contribution in [1.29, 1.82) is 0 Å². The molecular formula is C22H18N2O5S. The van der Waals surface area contributed by atoms with Crippen molar-refractivity contribution in [3.63, 3.8) is 0 Å². The van der Waals surface area contributed by atoms with Gasteiger partial charge in [-0.2, -0.15) is 0 Å². The molecule has 0 saturated heterocycles. The van der Waals surface area contributed by atoms with Gasteiger partial charge in [0.1, 0.15) is 5.52 Å². The van der Waals surface area contributed by atoms with E-state index < -0.39 is 16.0 Å². The van der Waals surface area contributed by atoms with Crippen LogP contribution in [0.1, 0.15) is 16.2 Å². The highest BCUT2D eigenvalue weighted by Crippen LogP contribution is 2.23. The van der Waals surface area contributed by atoms with Crippen LogP contribution >= 0.6 is 0 Å². The number of fused-ring (bicyclic) bond motifs is 1. The number of carbonyl (C=O) groups excluding carboxylic acids is 1. The summed E-state index contributed by atoms with van der Waals surface area (Å²) < 4.78 is 37.8. The molecule has 0 N–H and O–H groups in total. The van der Waals surface area contributed by atoms with E-state index in [0.29, 0.717) is 16.8 Å². The van der Waals surface area contributed by atoms with E-state index in [9.17, 15) is 13.2 Å². The van der Waals surface area contributed by atoms with Crippen LogP contribution in [0.4, 0.5) is 5.69 Å². The number of esters is 1. The fourth-order valence-electron chi connectivity index (χ4n) is 2.91. The van der Waals surface area contributed by atoms with E-state index in [1.165, 1.54) is 31.3 Å². The monoisotopic (exact) mass is 422 g/mol. The number of carbonyl (C=O) groups is 1. The van der Waals surface area contributed by atoms with E-state index in [2.05, 4.69) is 4.98 Å². The van der Waals surface area contributed by atoms with Crippen LogP contribution in [0.25, 0.3) is 11.1 Å². The average molecular weight is 422 g/mol. The average Bonchev–Trinajstić information content (AvgIpc) is 3.20. The van der Waals surface area contributed by atoms with E-state index in [1.54, 1.807) is 42.5 Å². The van der Waals surface area contributed by atoms with Crippen LogP contribution in [0, 0.1) is 0 Å². The molecule has 0 fully saturated rings. The normalized spacial score (nSPS) is 11.4. The third-order valence-corrected chi connectivity index (χ3v) is 6.29. The van der Waals surface area contributed by atoms with Crippen molar-refractivity contribution >= 4 is 32.8 Å². The lowest BCUT2D eigenvalue weighted by Crippen LogP contribution is -2.26. The van der Waals surface area contributed by atoms with Crippen LogP contribution in [0.5, 0.6) is 0 Å². The summed E-state index contributed by atoms with van der Waals surface area (Å²) in [6, 6.07) is 21.6. The van der Waals surface area contributed by atoms with Crippen molar-refractivity contribution in [3.8, 4) is 0 Å². The lowest BCUT2D eigenvalue weighted by molar-refractivity contribution is 0.0440. The number of oxazole rings is 1. The number of anilines is 1. The molecule has 0 amide bonds. The zero-order valence-corrected chi connectivity index (χ0v) is 16.9. The molecule has 4 aromatic rings. The van der Waals surface area contributed by atoms with Crippen molar-refractivity contribution in [2.45, 2.75) is 11.5 Å². The van der Waals surface area contributed by atoms with Gasteiger partial charge in [-0.15, -0.1) is 0 Å². The van der Waals surface area contributed by atoms with Crippen molar-refractivity contribution in [1.82, 2.24) is 4.98 Å². The predicted octanol–water partition coefficient (Wildman–Crippen LogP) is 4.01. The zero-order chi connectivity index (χ0) is 21.1. The molecule has 0 spiro atoms. The maximum Gasteiger partial charge on any atom is 0.338 e. The Morgan fingerprint density at radius 2 is 1.73 bits per heavy atom. The van der Waals surface area contributed by atoms with Gasteiger partial charge >= 0.3 is 5.97 Å². The Labute approximate surface area is 173 Å². The number of benzene rings is 3. The lowest BCUT2D eigenvalue weighted by Gasteiger charge is -2.19. The summed E-state index contributed by atoms with van der Waals surface area (Å²) in [6.45, 7) is -0.158. The molecule has 0 atom stereocenters. The number of ether oxygens (including phenoxy) is 1. The van der Waals surface area contributed by atoms with E-state index >= 15 is 0 Å². The molecule has 0 bridgehead atoms. The van der Waals surface area contributed by atoms with Crippen LogP contribution in [0.2, 0.25) is 0 Å². The fourth-order valence-corrected chi connectivity index (χ4v) is 4.15. The number of sulfonamides is 1. The summed E-state index contributed by atoms with van der Waals surface area (Å²) in [5, 5.41) is 0. The van der Waals surface area contributed by atoms with Gasteiger partial charge in [0.25, 0.3) is 10.0 Å². The van der Waals surface area contributed by atoms with Crippen LogP contribution in [-0.4, -0.2) is 26.4 Å². The molecule has 0 aliphatic carbocycles. The third kappa shape index (κ3) is 3.90. The quantitative estimate of drug-likeness (QED) is 0.436. The lowest BCUT2D eigenvalue weighted by atomic mass is 10.2. The SMILES string of the molecule is CN(c1ccccc1)S(=O)(=O)c1cccc(C(=O)OCc2nc3ccccc3o2)c1. The second-order valence-electron chi connectivity index (χ2n) is 6.49. The van der Waals surface area contributed by atoms with Crippen LogP contribution < -0.4 is 4.31 Å². The molecular weight excluding hydrogens is 404 g/mol. The van der Waals surface area contributed by atoms with E-state index in [4.69, 9.17) is 9.15 Å². The van der Waals surface area contributed by atoms with Gasteiger partial charge in [-0.3, -0.25) is 4.31 Å². The Hall–Kier alpha value is -3.65. The first-order valence-electron chi connectivity index (χ1n) is 9.11. The van der Waals surface area contributed by atoms with E-state index in [-0.39, 0.29) is 23.0 Å². The molecule has 1 heterocycles. The van der Waals surface area contributed by atoms with Gasteiger partial charge in [-0.05, 0) is 42.5 Å². The van der Waals surface area contributed by atoms with Gasteiger partial charge in [0, 0.05) is 7.05 Å². The van der Waals surface area contributed by atoms with Gasteiger partial charge in [-0.25, -0.2) is 18.2 Å². The molecule has 8 heteroatoms. The summed E-state index contributed by atoms with van der Waals surface area (Å²) >= 11 is 0. The summed E-state index contributed by atoms with van der Waals surface area (Å²) in [7, 11) is -2.38. The first kappa shape index (κ1) is 19.7. The maximum atomic E-state index is 12.9. The highest BCUT2D eigenvalue weighted by Gasteiger charge is 2.22. The molecule has 0 aliphatic rings. The summed E-state index contributed by atoms with van der Waals surface area (Å²) in [6.07, 6.45) is 0. The van der Waals surface area contributed by atoms with Gasteiger partial charge in [0.05, 0.1) is 16.1 Å². The molecule has 7 nitrogen and oxygen atoms in total. The number of rotatable bonds is 6. The highest BCUT2D eigenvalue weighted by atomic mass is 32.2. The van der Waals surface area contributed by atoms with Crippen molar-refractivity contribution in [3.05, 3.63) is 90.3 Å². The second kappa shape index (κ2) is 8.00. The summed E-state index contributed by atoms with van der Waals surface area (Å²) in [4.78, 5) is 16.7. The number of hydrogen-bond acceptors (Lipinski definition) is 6. The maximum absolute atomic E-state index is 12.9. The predicted molar refractivity (Wildman–Crippen MR) is 112 cm³/mol. The summed E-state index contributed by atoms with van der Waals surface area (Å²) in [5.74, 6) is -0.409. The van der Waals surface area contributed by atoms with Crippen LogP contribution in [0.15, 0.2) is 88.2 Å². The molecule has 0 unspecified atom stereocenters. The van der Waals surface area contributed by atoms with Crippen LogP contribution in [0.3, 0.4) is 0 Å². The molecule has 1 aromatic heterocycles. The molecule has 0 aliphatic heterocycles. The molecule has 0 radical (unpaired) electrons. The Bertz CT molecular complexity index is 1270. The standard InChI is InChI=1S/C22H18N2O5S/c1-24(17-9-3-2-4-10-17)30(26,27)18-11-7-8-16(14-18)22(25)28-15-21-23-19-12-5-6-13-20(19)29-21/h2-14H,15H2,1H3. The van der Waals surface area contributed by atoms with Gasteiger partial charge < -0.3 is 9.15 Å². The number of nitrogens with zero attached hydrogens (tertiary/aromatic N) is 2. The second-order valence-corrected chi connectivity index (χ2v) is 8.46. The minimum absolute atomic E-state index is 0.00911. The van der Waals surface area contributed by atoms with Gasteiger partial charge in [0.2, 0.25) is 5.89 Å². The number of para-hydroxylation sites is 3. The van der Waals surface area contributed by atoms with Gasteiger partial charge in [-0.1, -0.05) is 36.4 Å². The molecule has 152 valence electrons. The fraction of sp³-hybridized carbons (Fsp3) is 0.0909. The minimum Gasteiger partial charge on any atom is -0.452 e. The first-order chi connectivity index (χ1) is 14.4. The minimum atomic E-state index is -3.84. The Kier molecular flexibility index (Phi) is 5.24. The molecule has 30 heavy (non-hydrogen) atoms. The van der Waals surface area contributed by atoms with Crippen molar-refractivity contribution in [2.24, 2.45) is 0 Å². The third-order valence-electron chi connectivity index (χ3n) is 4.51. The first-order valence-corrected chi connectivity index (χ1v) is 10.5.